The average Bonchev–Trinajstić information content (AvgIpc) is 2.70. The zero-order valence-electron chi connectivity index (χ0n) is 20.5. The molecule has 7 nitrogen and oxygen atoms in total. The third-order valence-corrected chi connectivity index (χ3v) is 4.88. The first-order valence-electron chi connectivity index (χ1n) is 11.2. The van der Waals surface area contributed by atoms with Crippen LogP contribution in [-0.2, 0) is 14.3 Å². The van der Waals surface area contributed by atoms with Crippen LogP contribution in [0.3, 0.4) is 0 Å². The first-order chi connectivity index (χ1) is 14.9. The van der Waals surface area contributed by atoms with Crippen LogP contribution < -0.4 is 10.6 Å². The van der Waals surface area contributed by atoms with Gasteiger partial charge < -0.3 is 20.3 Å². The maximum absolute atomic E-state index is 13.4. The zero-order chi connectivity index (χ0) is 24.5. The second kappa shape index (κ2) is 12.3. The molecule has 0 spiro atoms. The van der Waals surface area contributed by atoms with Gasteiger partial charge in [-0.1, -0.05) is 58.0 Å². The van der Waals surface area contributed by atoms with E-state index in [1.807, 2.05) is 45.0 Å². The molecule has 2 atom stereocenters. The molecule has 0 aliphatic heterocycles. The first-order valence-corrected chi connectivity index (χ1v) is 11.2. The molecule has 32 heavy (non-hydrogen) atoms. The van der Waals surface area contributed by atoms with E-state index in [1.54, 1.807) is 33.9 Å². The molecule has 1 aromatic rings. The van der Waals surface area contributed by atoms with Gasteiger partial charge >= 0.3 is 6.09 Å². The van der Waals surface area contributed by atoms with Crippen LogP contribution in [0.2, 0.25) is 0 Å². The summed E-state index contributed by atoms with van der Waals surface area (Å²) in [5, 5.41) is 5.60. The lowest BCUT2D eigenvalue weighted by atomic mass is 9.98. The number of likely N-dealkylation sites (N-methyl/N-ethyl adjacent to an activating group) is 1. The summed E-state index contributed by atoms with van der Waals surface area (Å²) in [5.74, 6) is -0.846. The highest BCUT2D eigenvalue weighted by Gasteiger charge is 2.35. The second-order valence-electron chi connectivity index (χ2n) is 9.24. The highest BCUT2D eigenvalue weighted by Crippen LogP contribution is 2.23. The Balaban J connectivity index is 3.22. The largest absolute Gasteiger partial charge is 0.444 e. The monoisotopic (exact) mass is 445 g/mol. The predicted octanol–water partition coefficient (Wildman–Crippen LogP) is 4.29. The topological polar surface area (TPSA) is 87.7 Å². The van der Waals surface area contributed by atoms with Gasteiger partial charge in [-0.25, -0.2) is 4.79 Å². The summed E-state index contributed by atoms with van der Waals surface area (Å²) in [6, 6.07) is 5.67. The van der Waals surface area contributed by atoms with E-state index in [0.29, 0.717) is 12.1 Å². The molecular formula is C25H39N3O4. The Labute approximate surface area is 192 Å². The Morgan fingerprint density at radius 3 is 2.41 bits per heavy atom. The van der Waals surface area contributed by atoms with Crippen molar-refractivity contribution in [2.45, 2.75) is 72.1 Å². The Hall–Kier alpha value is -2.83. The molecule has 7 heteroatoms. The van der Waals surface area contributed by atoms with Gasteiger partial charge in [0.25, 0.3) is 0 Å². The minimum atomic E-state index is -0.846. The first kappa shape index (κ1) is 27.2. The lowest BCUT2D eigenvalue weighted by molar-refractivity contribution is -0.141. The van der Waals surface area contributed by atoms with Crippen molar-refractivity contribution in [3.8, 4) is 0 Å². The normalized spacial score (nSPS) is 13.1. The number of alkyl carbamates (subject to hydrolysis) is 1. The van der Waals surface area contributed by atoms with Crippen molar-refractivity contribution in [1.82, 2.24) is 15.5 Å². The summed E-state index contributed by atoms with van der Waals surface area (Å²) in [6.45, 7) is 15.3. The molecule has 0 heterocycles. The van der Waals surface area contributed by atoms with Crippen LogP contribution in [0, 0.1) is 5.92 Å². The lowest BCUT2D eigenvalue weighted by Gasteiger charge is -2.33. The summed E-state index contributed by atoms with van der Waals surface area (Å²) < 4.78 is 5.33. The Bertz CT molecular complexity index is 799. The molecule has 178 valence electrons. The number of hydrogen-bond acceptors (Lipinski definition) is 4. The van der Waals surface area contributed by atoms with Gasteiger partial charge in [0.1, 0.15) is 17.7 Å². The van der Waals surface area contributed by atoms with Crippen molar-refractivity contribution in [1.29, 1.82) is 0 Å². The smallest absolute Gasteiger partial charge is 0.408 e. The minimum absolute atomic E-state index is 0.208. The molecule has 3 amide bonds. The number of carbonyl (C=O) groups excluding carboxylic acids is 3. The fraction of sp³-hybridized carbons (Fsp3) is 0.560. The number of ether oxygens (including phenoxy) is 1. The summed E-state index contributed by atoms with van der Waals surface area (Å²) in [5.41, 5.74) is 0.835. The summed E-state index contributed by atoms with van der Waals surface area (Å²) in [4.78, 5) is 40.3. The maximum atomic E-state index is 13.4. The standard InChI is InChI=1S/C25H39N3O4/c1-9-11-15-26-22(29)21(19-14-12-13-18(10-2)16-19)28(8)23(30)20(17(3)4)27-24(31)32-25(5,6)7/h10,12-14,16-17,20-21H,2,9,11,15H2,1,3-8H3,(H,26,29)(H,27,31). The van der Waals surface area contributed by atoms with Crippen molar-refractivity contribution in [3.05, 3.63) is 42.0 Å². The number of carbonyl (C=O) groups is 3. The predicted molar refractivity (Wildman–Crippen MR) is 128 cm³/mol. The van der Waals surface area contributed by atoms with E-state index in [4.69, 9.17) is 4.74 Å². The number of unbranched alkanes of at least 4 members (excludes halogenated alkanes) is 1. The lowest BCUT2D eigenvalue weighted by Crippen LogP contribution is -2.53. The molecule has 0 radical (unpaired) electrons. The van der Waals surface area contributed by atoms with Crippen LogP contribution in [0.5, 0.6) is 0 Å². The van der Waals surface area contributed by atoms with Gasteiger partial charge in [-0.05, 0) is 50.3 Å². The van der Waals surface area contributed by atoms with E-state index >= 15 is 0 Å². The van der Waals surface area contributed by atoms with E-state index in [9.17, 15) is 14.4 Å². The quantitative estimate of drug-likeness (QED) is 0.526. The van der Waals surface area contributed by atoms with Crippen molar-refractivity contribution in [3.63, 3.8) is 0 Å². The van der Waals surface area contributed by atoms with Gasteiger partial charge in [-0.15, -0.1) is 0 Å². The van der Waals surface area contributed by atoms with Crippen molar-refractivity contribution in [2.24, 2.45) is 5.92 Å². The number of amides is 3. The zero-order valence-corrected chi connectivity index (χ0v) is 20.5. The van der Waals surface area contributed by atoms with Gasteiger partial charge in [0, 0.05) is 13.6 Å². The van der Waals surface area contributed by atoms with Crippen molar-refractivity contribution >= 4 is 24.0 Å². The average molecular weight is 446 g/mol. The van der Waals surface area contributed by atoms with E-state index in [2.05, 4.69) is 17.2 Å². The van der Waals surface area contributed by atoms with Crippen LogP contribution in [0.15, 0.2) is 30.8 Å². The molecule has 0 saturated carbocycles. The molecule has 1 rings (SSSR count). The highest BCUT2D eigenvalue weighted by molar-refractivity contribution is 5.92. The minimum Gasteiger partial charge on any atom is -0.444 e. The Morgan fingerprint density at radius 2 is 1.88 bits per heavy atom. The summed E-state index contributed by atoms with van der Waals surface area (Å²) in [7, 11) is 1.58. The van der Waals surface area contributed by atoms with E-state index in [-0.39, 0.29) is 17.7 Å². The summed E-state index contributed by atoms with van der Waals surface area (Å²) >= 11 is 0. The van der Waals surface area contributed by atoms with Gasteiger partial charge in [0.05, 0.1) is 0 Å². The van der Waals surface area contributed by atoms with Gasteiger partial charge in [0.2, 0.25) is 11.8 Å². The molecule has 0 aliphatic rings. The van der Waals surface area contributed by atoms with Gasteiger partial charge in [-0.3, -0.25) is 9.59 Å². The van der Waals surface area contributed by atoms with Crippen LogP contribution in [0.4, 0.5) is 4.79 Å². The molecule has 2 unspecified atom stereocenters. The van der Waals surface area contributed by atoms with Gasteiger partial charge in [0.15, 0.2) is 0 Å². The number of rotatable bonds is 10. The number of hydrogen-bond donors (Lipinski definition) is 2. The van der Waals surface area contributed by atoms with Crippen LogP contribution >= 0.6 is 0 Å². The third kappa shape index (κ3) is 8.36. The number of benzene rings is 1. The van der Waals surface area contributed by atoms with Crippen molar-refractivity contribution < 1.29 is 19.1 Å². The van der Waals surface area contributed by atoms with E-state index < -0.39 is 23.8 Å². The van der Waals surface area contributed by atoms with E-state index in [1.165, 1.54) is 4.90 Å². The number of nitrogens with one attached hydrogen (secondary N) is 2. The van der Waals surface area contributed by atoms with Crippen molar-refractivity contribution in [2.75, 3.05) is 13.6 Å². The fourth-order valence-corrected chi connectivity index (χ4v) is 3.19. The van der Waals surface area contributed by atoms with E-state index in [0.717, 1.165) is 18.4 Å². The molecule has 1 aromatic carbocycles. The Morgan fingerprint density at radius 1 is 1.22 bits per heavy atom. The van der Waals surface area contributed by atoms with Crippen LogP contribution in [0.25, 0.3) is 6.08 Å². The Kier molecular flexibility index (Phi) is 10.4. The molecule has 0 fully saturated rings. The molecule has 0 bridgehead atoms. The molecule has 0 saturated heterocycles. The second-order valence-corrected chi connectivity index (χ2v) is 9.24. The SMILES string of the molecule is C=Cc1cccc(C(C(=O)NCCCC)N(C)C(=O)C(NC(=O)OC(C)(C)C)C(C)C)c1. The molecule has 0 aromatic heterocycles. The van der Waals surface area contributed by atoms with Crippen LogP contribution in [-0.4, -0.2) is 48.0 Å². The maximum Gasteiger partial charge on any atom is 0.408 e. The van der Waals surface area contributed by atoms with Gasteiger partial charge in [-0.2, -0.15) is 0 Å². The third-order valence-electron chi connectivity index (χ3n) is 4.88. The highest BCUT2D eigenvalue weighted by atomic mass is 16.6. The van der Waals surface area contributed by atoms with Crippen LogP contribution in [0.1, 0.15) is 71.6 Å². The molecule has 2 N–H and O–H groups in total. The summed E-state index contributed by atoms with van der Waals surface area (Å²) in [6.07, 6.45) is 2.81. The molecular weight excluding hydrogens is 406 g/mol. The number of nitrogens with zero attached hydrogens (tertiary/aromatic N) is 1. The molecule has 0 aliphatic carbocycles. The fourth-order valence-electron chi connectivity index (χ4n) is 3.19.